The number of rotatable bonds is 9. The molecule has 2 aromatic rings. The summed E-state index contributed by atoms with van der Waals surface area (Å²) in [7, 11) is 0. The summed E-state index contributed by atoms with van der Waals surface area (Å²) < 4.78 is 5.25. The van der Waals surface area contributed by atoms with Crippen molar-refractivity contribution >= 4 is 11.8 Å². The Bertz CT molecular complexity index is 936. The molecule has 2 amide bonds. The molecule has 0 bridgehead atoms. The zero-order valence-corrected chi connectivity index (χ0v) is 18.9. The number of carbonyl (C=O) groups is 2. The van der Waals surface area contributed by atoms with Crippen molar-refractivity contribution in [1.82, 2.24) is 15.1 Å². The van der Waals surface area contributed by atoms with E-state index >= 15 is 0 Å². The van der Waals surface area contributed by atoms with Crippen LogP contribution in [0.4, 0.5) is 0 Å². The van der Waals surface area contributed by atoms with Gasteiger partial charge in [0.25, 0.3) is 11.8 Å². The van der Waals surface area contributed by atoms with E-state index in [0.29, 0.717) is 25.3 Å². The summed E-state index contributed by atoms with van der Waals surface area (Å²) in [6.07, 6.45) is 3.44. The zero-order valence-electron chi connectivity index (χ0n) is 18.9. The van der Waals surface area contributed by atoms with Gasteiger partial charge in [-0.1, -0.05) is 24.3 Å². The van der Waals surface area contributed by atoms with Gasteiger partial charge in [0.1, 0.15) is 0 Å². The lowest BCUT2D eigenvalue weighted by molar-refractivity contribution is 0.0724. The SMILES string of the molecule is CCOCCNC(=O)c1ccc(-c2ccc3c(c2)CCN(CCN2CCCC2)C3=O)cc1. The number of nitrogens with one attached hydrogen (secondary N) is 1. The molecular weight excluding hydrogens is 402 g/mol. The fourth-order valence-corrected chi connectivity index (χ4v) is 4.49. The second-order valence-corrected chi connectivity index (χ2v) is 8.49. The van der Waals surface area contributed by atoms with Gasteiger partial charge in [-0.3, -0.25) is 9.59 Å². The van der Waals surface area contributed by atoms with E-state index in [2.05, 4.69) is 16.3 Å². The van der Waals surface area contributed by atoms with E-state index < -0.39 is 0 Å². The maximum atomic E-state index is 13.0. The van der Waals surface area contributed by atoms with Crippen LogP contribution in [0.5, 0.6) is 0 Å². The van der Waals surface area contributed by atoms with Crippen LogP contribution in [0.2, 0.25) is 0 Å². The minimum absolute atomic E-state index is 0.0960. The van der Waals surface area contributed by atoms with E-state index in [1.165, 1.54) is 12.8 Å². The number of ether oxygens (including phenoxy) is 1. The fraction of sp³-hybridized carbons (Fsp3) is 0.462. The summed E-state index contributed by atoms with van der Waals surface area (Å²) >= 11 is 0. The molecule has 2 heterocycles. The number of carbonyl (C=O) groups excluding carboxylic acids is 2. The van der Waals surface area contributed by atoms with Crippen molar-refractivity contribution in [1.29, 1.82) is 0 Å². The predicted octanol–water partition coefficient (Wildman–Crippen LogP) is 3.21. The van der Waals surface area contributed by atoms with Gasteiger partial charge in [-0.2, -0.15) is 0 Å². The van der Waals surface area contributed by atoms with Gasteiger partial charge >= 0.3 is 0 Å². The molecule has 6 heteroatoms. The van der Waals surface area contributed by atoms with E-state index in [1.54, 1.807) is 0 Å². The maximum absolute atomic E-state index is 13.0. The van der Waals surface area contributed by atoms with Crippen LogP contribution in [-0.4, -0.2) is 74.1 Å². The summed E-state index contributed by atoms with van der Waals surface area (Å²) in [6.45, 7) is 8.50. The topological polar surface area (TPSA) is 61.9 Å². The lowest BCUT2D eigenvalue weighted by atomic mass is 9.93. The van der Waals surface area contributed by atoms with Crippen LogP contribution < -0.4 is 5.32 Å². The Labute approximate surface area is 190 Å². The molecule has 1 saturated heterocycles. The second-order valence-electron chi connectivity index (χ2n) is 8.49. The molecule has 170 valence electrons. The van der Waals surface area contributed by atoms with Crippen molar-refractivity contribution in [3.8, 4) is 11.1 Å². The van der Waals surface area contributed by atoms with Gasteiger partial charge in [0.05, 0.1) is 6.61 Å². The Morgan fingerprint density at radius 2 is 1.75 bits per heavy atom. The third-order valence-electron chi connectivity index (χ3n) is 6.38. The van der Waals surface area contributed by atoms with Gasteiger partial charge < -0.3 is 19.9 Å². The molecule has 32 heavy (non-hydrogen) atoms. The third-order valence-corrected chi connectivity index (χ3v) is 6.38. The summed E-state index contributed by atoms with van der Waals surface area (Å²) in [4.78, 5) is 29.7. The molecule has 0 spiro atoms. The van der Waals surface area contributed by atoms with Crippen molar-refractivity contribution < 1.29 is 14.3 Å². The Hall–Kier alpha value is -2.70. The van der Waals surface area contributed by atoms with Crippen LogP contribution in [0.25, 0.3) is 11.1 Å². The predicted molar refractivity (Wildman–Crippen MR) is 126 cm³/mol. The molecule has 1 N–H and O–H groups in total. The van der Waals surface area contributed by atoms with E-state index in [9.17, 15) is 9.59 Å². The molecule has 0 saturated carbocycles. The van der Waals surface area contributed by atoms with Crippen molar-refractivity contribution in [2.75, 3.05) is 52.5 Å². The first-order valence-corrected chi connectivity index (χ1v) is 11.8. The molecule has 2 aliphatic heterocycles. The minimum Gasteiger partial charge on any atom is -0.380 e. The smallest absolute Gasteiger partial charge is 0.254 e. The number of benzene rings is 2. The summed E-state index contributed by atoms with van der Waals surface area (Å²) in [5.41, 5.74) is 4.69. The van der Waals surface area contributed by atoms with Gasteiger partial charge in [-0.15, -0.1) is 0 Å². The third kappa shape index (κ3) is 5.37. The van der Waals surface area contributed by atoms with Gasteiger partial charge in [-0.25, -0.2) is 0 Å². The van der Waals surface area contributed by atoms with Crippen molar-refractivity contribution in [2.45, 2.75) is 26.2 Å². The molecule has 2 aromatic carbocycles. The van der Waals surface area contributed by atoms with Crippen LogP contribution in [0.15, 0.2) is 42.5 Å². The molecule has 0 radical (unpaired) electrons. The van der Waals surface area contributed by atoms with E-state index in [4.69, 9.17) is 4.74 Å². The zero-order chi connectivity index (χ0) is 22.3. The lowest BCUT2D eigenvalue weighted by Gasteiger charge is -2.30. The van der Waals surface area contributed by atoms with Crippen LogP contribution in [0, 0.1) is 0 Å². The molecule has 2 aliphatic rings. The molecular formula is C26H33N3O3. The maximum Gasteiger partial charge on any atom is 0.254 e. The lowest BCUT2D eigenvalue weighted by Crippen LogP contribution is -2.42. The van der Waals surface area contributed by atoms with Crippen LogP contribution in [0.3, 0.4) is 0 Å². The number of likely N-dealkylation sites (tertiary alicyclic amines) is 1. The number of amides is 2. The fourth-order valence-electron chi connectivity index (χ4n) is 4.49. The monoisotopic (exact) mass is 435 g/mol. The van der Waals surface area contributed by atoms with Gasteiger partial charge in [0.2, 0.25) is 0 Å². The standard InChI is InChI=1S/C26H33N3O3/c1-2-32-18-12-27-25(30)21-7-5-20(6-8-21)22-9-10-24-23(19-22)11-15-29(26(24)31)17-16-28-13-3-4-14-28/h5-10,19H,2-4,11-18H2,1H3,(H,27,30). The molecule has 0 aliphatic carbocycles. The number of hydrogen-bond donors (Lipinski definition) is 1. The Morgan fingerprint density at radius 3 is 2.50 bits per heavy atom. The van der Waals surface area contributed by atoms with Crippen molar-refractivity contribution in [2.24, 2.45) is 0 Å². The first-order valence-electron chi connectivity index (χ1n) is 11.8. The Balaban J connectivity index is 1.37. The molecule has 0 unspecified atom stereocenters. The van der Waals surface area contributed by atoms with Crippen molar-refractivity contribution in [3.63, 3.8) is 0 Å². The highest BCUT2D eigenvalue weighted by Crippen LogP contribution is 2.27. The van der Waals surface area contributed by atoms with Crippen LogP contribution in [-0.2, 0) is 11.2 Å². The van der Waals surface area contributed by atoms with E-state index in [1.807, 2.05) is 48.2 Å². The van der Waals surface area contributed by atoms with E-state index in [0.717, 1.165) is 61.4 Å². The first kappa shape index (κ1) is 22.5. The Kier molecular flexibility index (Phi) is 7.55. The van der Waals surface area contributed by atoms with Gasteiger partial charge in [-0.05, 0) is 74.2 Å². The molecule has 0 atom stereocenters. The highest BCUT2D eigenvalue weighted by atomic mass is 16.5. The minimum atomic E-state index is -0.0960. The largest absolute Gasteiger partial charge is 0.380 e. The normalized spacial score (nSPS) is 16.3. The molecule has 1 fully saturated rings. The van der Waals surface area contributed by atoms with E-state index in [-0.39, 0.29) is 11.8 Å². The average molecular weight is 436 g/mol. The molecule has 0 aromatic heterocycles. The Morgan fingerprint density at radius 1 is 1.00 bits per heavy atom. The summed E-state index contributed by atoms with van der Waals surface area (Å²) in [6, 6.07) is 13.7. The van der Waals surface area contributed by atoms with Crippen LogP contribution in [0.1, 0.15) is 46.0 Å². The van der Waals surface area contributed by atoms with Gasteiger partial charge in [0.15, 0.2) is 0 Å². The highest BCUT2D eigenvalue weighted by molar-refractivity contribution is 5.97. The molecule has 4 rings (SSSR count). The van der Waals surface area contributed by atoms with Gasteiger partial charge in [0, 0.05) is 43.9 Å². The van der Waals surface area contributed by atoms with Crippen LogP contribution >= 0.6 is 0 Å². The first-order chi connectivity index (χ1) is 15.7. The van der Waals surface area contributed by atoms with Crippen molar-refractivity contribution in [3.05, 3.63) is 59.2 Å². The quantitative estimate of drug-likeness (QED) is 0.615. The molecule has 6 nitrogen and oxygen atoms in total. The second kappa shape index (κ2) is 10.7. The number of fused-ring (bicyclic) bond motifs is 1. The average Bonchev–Trinajstić information content (AvgIpc) is 3.35. The summed E-state index contributed by atoms with van der Waals surface area (Å²) in [5, 5.41) is 2.86. The number of nitrogens with zero attached hydrogens (tertiary/aromatic N) is 2. The summed E-state index contributed by atoms with van der Waals surface area (Å²) in [5.74, 6) is 0.0531. The number of hydrogen-bond acceptors (Lipinski definition) is 4. The highest BCUT2D eigenvalue weighted by Gasteiger charge is 2.25.